The first kappa shape index (κ1) is 20.0. The highest BCUT2D eigenvalue weighted by molar-refractivity contribution is 6.35. The lowest BCUT2D eigenvalue weighted by Gasteiger charge is -2.08. The topological polar surface area (TPSA) is 66.6 Å². The molecule has 0 fully saturated rings. The van der Waals surface area contributed by atoms with Crippen LogP contribution in [0.3, 0.4) is 0 Å². The Bertz CT molecular complexity index is 1250. The molecule has 0 radical (unpaired) electrons. The zero-order valence-electron chi connectivity index (χ0n) is 15.7. The molecule has 30 heavy (non-hydrogen) atoms. The molecule has 0 bridgehead atoms. The number of carboxylic acid groups (broad SMARTS) is 1. The molecule has 4 rings (SSSR count). The summed E-state index contributed by atoms with van der Waals surface area (Å²) in [6.45, 7) is 0.633. The summed E-state index contributed by atoms with van der Waals surface area (Å²) < 4.78 is 2.12. The van der Waals surface area contributed by atoms with Gasteiger partial charge in [0.15, 0.2) is 0 Å². The Morgan fingerprint density at radius 1 is 1.07 bits per heavy atom. The predicted molar refractivity (Wildman–Crippen MR) is 122 cm³/mol. The molecule has 4 aromatic rings. The van der Waals surface area contributed by atoms with Crippen molar-refractivity contribution in [2.75, 3.05) is 5.43 Å². The highest BCUT2D eigenvalue weighted by atomic mass is 35.5. The number of anilines is 1. The lowest BCUT2D eigenvalue weighted by atomic mass is 10.1. The van der Waals surface area contributed by atoms with E-state index in [0.29, 0.717) is 22.3 Å². The minimum absolute atomic E-state index is 0.233. The van der Waals surface area contributed by atoms with Crippen LogP contribution in [0.25, 0.3) is 10.9 Å². The maximum atomic E-state index is 10.9. The number of rotatable bonds is 6. The van der Waals surface area contributed by atoms with Crippen molar-refractivity contribution >= 4 is 52.0 Å². The number of hydrogen-bond donors (Lipinski definition) is 2. The first-order valence-corrected chi connectivity index (χ1v) is 9.91. The van der Waals surface area contributed by atoms with Crippen molar-refractivity contribution in [3.8, 4) is 0 Å². The van der Waals surface area contributed by atoms with E-state index < -0.39 is 5.97 Å². The van der Waals surface area contributed by atoms with Gasteiger partial charge in [-0.1, -0.05) is 41.4 Å². The number of nitrogens with zero attached hydrogens (tertiary/aromatic N) is 2. The summed E-state index contributed by atoms with van der Waals surface area (Å²) in [6.07, 6.45) is 3.76. The Balaban J connectivity index is 1.54. The van der Waals surface area contributed by atoms with Crippen molar-refractivity contribution in [2.45, 2.75) is 6.54 Å². The third-order valence-electron chi connectivity index (χ3n) is 4.73. The molecule has 0 aliphatic heterocycles. The van der Waals surface area contributed by atoms with Crippen LogP contribution in [0.15, 0.2) is 78.0 Å². The molecule has 1 heterocycles. The highest BCUT2D eigenvalue weighted by Crippen LogP contribution is 2.25. The monoisotopic (exact) mass is 437 g/mol. The summed E-state index contributed by atoms with van der Waals surface area (Å²) >= 11 is 12.3. The third-order valence-corrected chi connectivity index (χ3v) is 5.32. The fourth-order valence-corrected chi connectivity index (χ4v) is 3.66. The van der Waals surface area contributed by atoms with E-state index in [4.69, 9.17) is 28.3 Å². The average molecular weight is 438 g/mol. The lowest BCUT2D eigenvalue weighted by Crippen LogP contribution is -1.99. The van der Waals surface area contributed by atoms with Crippen LogP contribution in [-0.4, -0.2) is 21.9 Å². The number of hydrogen-bond acceptors (Lipinski definition) is 3. The van der Waals surface area contributed by atoms with Gasteiger partial charge in [-0.15, -0.1) is 0 Å². The minimum atomic E-state index is -0.957. The van der Waals surface area contributed by atoms with E-state index in [1.54, 1.807) is 24.4 Å². The van der Waals surface area contributed by atoms with E-state index in [1.165, 1.54) is 12.1 Å². The van der Waals surface area contributed by atoms with Gasteiger partial charge in [0.05, 0.1) is 17.5 Å². The maximum Gasteiger partial charge on any atom is 0.335 e. The van der Waals surface area contributed by atoms with Crippen LogP contribution in [0.4, 0.5) is 5.69 Å². The van der Waals surface area contributed by atoms with E-state index in [0.717, 1.165) is 22.0 Å². The molecule has 2 N–H and O–H groups in total. The third kappa shape index (κ3) is 4.32. The van der Waals surface area contributed by atoms with E-state index in [9.17, 15) is 4.79 Å². The molecule has 0 atom stereocenters. The largest absolute Gasteiger partial charge is 0.478 e. The van der Waals surface area contributed by atoms with E-state index in [-0.39, 0.29) is 5.56 Å². The first-order valence-electron chi connectivity index (χ1n) is 9.15. The average Bonchev–Trinajstić information content (AvgIpc) is 3.14. The number of halogens is 2. The highest BCUT2D eigenvalue weighted by Gasteiger charge is 2.08. The zero-order valence-corrected chi connectivity index (χ0v) is 17.2. The molecule has 0 unspecified atom stereocenters. The van der Waals surface area contributed by atoms with Gasteiger partial charge in [-0.3, -0.25) is 5.43 Å². The van der Waals surface area contributed by atoms with Crippen molar-refractivity contribution < 1.29 is 9.90 Å². The summed E-state index contributed by atoms with van der Waals surface area (Å²) in [7, 11) is 0. The molecule has 0 saturated heterocycles. The fraction of sp³-hybridized carbons (Fsp3) is 0.0435. The molecule has 0 aliphatic rings. The van der Waals surface area contributed by atoms with Crippen molar-refractivity contribution in [3.63, 3.8) is 0 Å². The van der Waals surface area contributed by atoms with Crippen LogP contribution < -0.4 is 5.43 Å². The molecule has 0 saturated carbocycles. The van der Waals surface area contributed by atoms with Crippen molar-refractivity contribution in [2.24, 2.45) is 5.10 Å². The fourth-order valence-electron chi connectivity index (χ4n) is 3.19. The Kier molecular flexibility index (Phi) is 5.74. The van der Waals surface area contributed by atoms with Crippen LogP contribution in [0.2, 0.25) is 10.0 Å². The van der Waals surface area contributed by atoms with Gasteiger partial charge < -0.3 is 9.67 Å². The number of benzene rings is 3. The molecular formula is C23H17Cl2N3O2. The van der Waals surface area contributed by atoms with Gasteiger partial charge in [-0.2, -0.15) is 5.10 Å². The summed E-state index contributed by atoms with van der Waals surface area (Å²) in [5.41, 5.74) is 6.88. The minimum Gasteiger partial charge on any atom is -0.478 e. The zero-order chi connectivity index (χ0) is 21.1. The molecule has 150 valence electrons. The molecule has 0 spiro atoms. The molecule has 3 aromatic carbocycles. The summed E-state index contributed by atoms with van der Waals surface area (Å²) in [6, 6.07) is 20.0. The Morgan fingerprint density at radius 2 is 1.87 bits per heavy atom. The maximum absolute atomic E-state index is 10.9. The van der Waals surface area contributed by atoms with Crippen LogP contribution in [0.1, 0.15) is 21.5 Å². The van der Waals surface area contributed by atoms with Crippen molar-refractivity contribution in [1.29, 1.82) is 0 Å². The summed E-state index contributed by atoms with van der Waals surface area (Å²) in [4.78, 5) is 10.9. The number of aromatic nitrogens is 1. The first-order chi connectivity index (χ1) is 14.5. The van der Waals surface area contributed by atoms with Crippen molar-refractivity contribution in [1.82, 2.24) is 4.57 Å². The number of hydrazone groups is 1. The SMILES string of the molecule is O=C(O)c1ccc(N/N=C/c2cccc3c2ccn3Cc2ccc(Cl)cc2Cl)cc1. The van der Waals surface area contributed by atoms with E-state index >= 15 is 0 Å². The van der Waals surface area contributed by atoms with Crippen LogP contribution >= 0.6 is 23.2 Å². The molecular weight excluding hydrogens is 421 g/mol. The Morgan fingerprint density at radius 3 is 2.60 bits per heavy atom. The Labute approximate surface area is 183 Å². The van der Waals surface area contributed by atoms with Crippen LogP contribution in [-0.2, 0) is 6.54 Å². The van der Waals surface area contributed by atoms with Crippen LogP contribution in [0.5, 0.6) is 0 Å². The van der Waals surface area contributed by atoms with Gasteiger partial charge in [0.1, 0.15) is 0 Å². The van der Waals surface area contributed by atoms with Gasteiger partial charge in [0.2, 0.25) is 0 Å². The predicted octanol–water partition coefficient (Wildman–Crippen LogP) is 6.14. The van der Waals surface area contributed by atoms with E-state index in [2.05, 4.69) is 21.2 Å². The van der Waals surface area contributed by atoms with Gasteiger partial charge >= 0.3 is 5.97 Å². The molecule has 0 amide bonds. The van der Waals surface area contributed by atoms with Gasteiger partial charge in [-0.25, -0.2) is 4.79 Å². The van der Waals surface area contributed by atoms with Gasteiger partial charge in [0, 0.05) is 39.3 Å². The molecule has 7 heteroatoms. The number of carbonyl (C=O) groups is 1. The molecule has 0 aliphatic carbocycles. The second-order valence-corrected chi connectivity index (χ2v) is 7.56. The van der Waals surface area contributed by atoms with E-state index in [1.807, 2.05) is 36.5 Å². The number of fused-ring (bicyclic) bond motifs is 1. The second kappa shape index (κ2) is 8.61. The Hall–Kier alpha value is -3.28. The standard InChI is InChI=1S/C23H17Cl2N3O2/c24-18-7-4-17(21(25)12-18)14-28-11-10-20-16(2-1-3-22(20)28)13-26-27-19-8-5-15(6-9-19)23(29)30/h1-13,27H,14H2,(H,29,30)/b26-13+. The van der Waals surface area contributed by atoms with Crippen LogP contribution in [0, 0.1) is 0 Å². The quantitative estimate of drug-likeness (QED) is 0.281. The van der Waals surface area contributed by atoms with Gasteiger partial charge in [-0.05, 0) is 54.1 Å². The smallest absolute Gasteiger partial charge is 0.335 e. The van der Waals surface area contributed by atoms with Gasteiger partial charge in [0.25, 0.3) is 0 Å². The molecule has 1 aromatic heterocycles. The number of carboxylic acids is 1. The summed E-state index contributed by atoms with van der Waals surface area (Å²) in [5.74, 6) is -0.957. The van der Waals surface area contributed by atoms with Crippen molar-refractivity contribution in [3.05, 3.63) is 99.7 Å². The summed E-state index contributed by atoms with van der Waals surface area (Å²) in [5, 5.41) is 15.6. The molecule has 5 nitrogen and oxygen atoms in total. The normalized spacial score (nSPS) is 11.3. The lowest BCUT2D eigenvalue weighted by molar-refractivity contribution is 0.0697. The number of aromatic carboxylic acids is 1. The number of nitrogens with one attached hydrogen (secondary N) is 1. The second-order valence-electron chi connectivity index (χ2n) is 6.71.